The van der Waals surface area contributed by atoms with E-state index in [0.29, 0.717) is 5.69 Å². The van der Waals surface area contributed by atoms with E-state index < -0.39 is 35.6 Å². The van der Waals surface area contributed by atoms with Crippen LogP contribution in [0.15, 0.2) is 48.5 Å². The zero-order chi connectivity index (χ0) is 23.4. The molecule has 0 radical (unpaired) electrons. The van der Waals surface area contributed by atoms with Gasteiger partial charge >= 0.3 is 5.97 Å². The van der Waals surface area contributed by atoms with Gasteiger partial charge in [-0.3, -0.25) is 28.9 Å². The number of esters is 1. The number of hydrogen-bond donors (Lipinski definition) is 2. The zero-order valence-corrected chi connectivity index (χ0v) is 17.9. The number of fused-ring (bicyclic) bond motifs is 1. The van der Waals surface area contributed by atoms with Crippen molar-refractivity contribution in [3.63, 3.8) is 0 Å². The zero-order valence-electron chi connectivity index (χ0n) is 17.9. The lowest BCUT2D eigenvalue weighted by molar-refractivity contribution is -0.139. The van der Waals surface area contributed by atoms with Crippen molar-refractivity contribution in [1.29, 1.82) is 0 Å². The fourth-order valence-corrected chi connectivity index (χ4v) is 3.46. The predicted octanol–water partition coefficient (Wildman–Crippen LogP) is 1.85. The lowest BCUT2D eigenvalue weighted by Gasteiger charge is -2.28. The number of nitrogens with zero attached hydrogens (tertiary/aromatic N) is 1. The molecule has 0 spiro atoms. The van der Waals surface area contributed by atoms with Crippen molar-refractivity contribution in [2.24, 2.45) is 5.92 Å². The Morgan fingerprint density at radius 2 is 1.59 bits per heavy atom. The Morgan fingerprint density at radius 1 is 0.969 bits per heavy atom. The topological polar surface area (TPSA) is 122 Å². The van der Waals surface area contributed by atoms with Gasteiger partial charge in [-0.25, -0.2) is 0 Å². The van der Waals surface area contributed by atoms with Crippen LogP contribution in [0.1, 0.15) is 44.9 Å². The fourth-order valence-electron chi connectivity index (χ4n) is 3.46. The standard InChI is InChI=1S/C23H23N3O6/c1-13(2)19(26-22(30)16-9-4-5-10-17(16)23(26)31)21(29)25-15-8-6-7-14(11-15)20(28)24-12-18(27)32-3/h4-11,13,19H,12H2,1-3H3,(H,24,28)(H,25,29). The van der Waals surface area contributed by atoms with Gasteiger partial charge in [0.2, 0.25) is 5.91 Å². The molecule has 1 aliphatic heterocycles. The van der Waals surface area contributed by atoms with Crippen LogP contribution in [0.3, 0.4) is 0 Å². The summed E-state index contributed by atoms with van der Waals surface area (Å²) in [6.45, 7) is 3.19. The molecule has 0 aromatic heterocycles. The third kappa shape index (κ3) is 4.51. The number of nitrogens with one attached hydrogen (secondary N) is 2. The van der Waals surface area contributed by atoms with Gasteiger partial charge in [0.1, 0.15) is 12.6 Å². The second-order valence-corrected chi connectivity index (χ2v) is 7.54. The number of hydrogen-bond acceptors (Lipinski definition) is 6. The van der Waals surface area contributed by atoms with Crippen LogP contribution in [0.4, 0.5) is 5.69 Å². The van der Waals surface area contributed by atoms with E-state index in [1.54, 1.807) is 50.2 Å². The highest BCUT2D eigenvalue weighted by atomic mass is 16.5. The fraction of sp³-hybridized carbons (Fsp3) is 0.261. The van der Waals surface area contributed by atoms with Crippen molar-refractivity contribution in [3.05, 3.63) is 65.2 Å². The maximum Gasteiger partial charge on any atom is 0.325 e. The Balaban J connectivity index is 1.78. The summed E-state index contributed by atoms with van der Waals surface area (Å²) in [5, 5.41) is 5.10. The number of rotatable bonds is 7. The van der Waals surface area contributed by atoms with E-state index in [4.69, 9.17) is 0 Å². The number of anilines is 1. The van der Waals surface area contributed by atoms with Crippen LogP contribution in [0.25, 0.3) is 0 Å². The number of ether oxygens (including phenoxy) is 1. The summed E-state index contributed by atoms with van der Waals surface area (Å²) in [4.78, 5) is 63.2. The average molecular weight is 437 g/mol. The Labute approximate surface area is 184 Å². The minimum Gasteiger partial charge on any atom is -0.468 e. The van der Waals surface area contributed by atoms with E-state index >= 15 is 0 Å². The van der Waals surface area contributed by atoms with Crippen molar-refractivity contribution in [3.8, 4) is 0 Å². The predicted molar refractivity (Wildman–Crippen MR) is 115 cm³/mol. The van der Waals surface area contributed by atoms with Crippen molar-refractivity contribution >= 4 is 35.3 Å². The van der Waals surface area contributed by atoms with E-state index in [1.165, 1.54) is 19.2 Å². The molecular weight excluding hydrogens is 414 g/mol. The first-order chi connectivity index (χ1) is 15.2. The molecule has 1 heterocycles. The third-order valence-electron chi connectivity index (χ3n) is 5.02. The van der Waals surface area contributed by atoms with Crippen LogP contribution in [-0.4, -0.2) is 54.2 Å². The first-order valence-electron chi connectivity index (χ1n) is 9.97. The van der Waals surface area contributed by atoms with Crippen molar-refractivity contribution in [2.75, 3.05) is 19.0 Å². The highest BCUT2D eigenvalue weighted by molar-refractivity contribution is 6.23. The Kier molecular flexibility index (Phi) is 6.67. The number of imide groups is 1. The molecule has 2 aromatic rings. The molecule has 1 unspecified atom stereocenters. The summed E-state index contributed by atoms with van der Waals surface area (Å²) in [6, 6.07) is 11.5. The van der Waals surface area contributed by atoms with Crippen LogP contribution in [-0.2, 0) is 14.3 Å². The Hall–Kier alpha value is -4.01. The van der Waals surface area contributed by atoms with Gasteiger partial charge in [-0.05, 0) is 36.2 Å². The minimum absolute atomic E-state index is 0.216. The molecule has 1 atom stereocenters. The van der Waals surface area contributed by atoms with Gasteiger partial charge in [0, 0.05) is 11.3 Å². The highest BCUT2D eigenvalue weighted by Crippen LogP contribution is 2.28. The molecule has 9 nitrogen and oxygen atoms in total. The van der Waals surface area contributed by atoms with E-state index in [-0.39, 0.29) is 29.2 Å². The van der Waals surface area contributed by atoms with E-state index in [1.807, 2.05) is 0 Å². The number of amides is 4. The van der Waals surface area contributed by atoms with Crippen molar-refractivity contribution in [1.82, 2.24) is 10.2 Å². The van der Waals surface area contributed by atoms with Crippen molar-refractivity contribution in [2.45, 2.75) is 19.9 Å². The molecule has 166 valence electrons. The summed E-state index contributed by atoms with van der Waals surface area (Å²) in [7, 11) is 1.21. The Bertz CT molecular complexity index is 1060. The summed E-state index contributed by atoms with van der Waals surface area (Å²) >= 11 is 0. The van der Waals surface area contributed by atoms with Gasteiger partial charge in [-0.1, -0.05) is 32.0 Å². The van der Waals surface area contributed by atoms with Gasteiger partial charge < -0.3 is 15.4 Å². The molecule has 0 fully saturated rings. The summed E-state index contributed by atoms with van der Waals surface area (Å²) in [6.07, 6.45) is 0. The SMILES string of the molecule is COC(=O)CNC(=O)c1cccc(NC(=O)C(C(C)C)N2C(=O)c3ccccc3C2=O)c1. The molecule has 2 aromatic carbocycles. The molecule has 0 bridgehead atoms. The van der Waals surface area contributed by atoms with Crippen LogP contribution in [0.2, 0.25) is 0 Å². The van der Waals surface area contributed by atoms with Crippen LogP contribution in [0, 0.1) is 5.92 Å². The molecule has 32 heavy (non-hydrogen) atoms. The largest absolute Gasteiger partial charge is 0.468 e. The van der Waals surface area contributed by atoms with Crippen LogP contribution >= 0.6 is 0 Å². The van der Waals surface area contributed by atoms with Gasteiger partial charge in [-0.15, -0.1) is 0 Å². The second kappa shape index (κ2) is 9.42. The summed E-state index contributed by atoms with van der Waals surface area (Å²) in [5.41, 5.74) is 1.05. The number of methoxy groups -OCH3 is 1. The highest BCUT2D eigenvalue weighted by Gasteiger charge is 2.43. The van der Waals surface area contributed by atoms with Crippen molar-refractivity contribution < 1.29 is 28.7 Å². The van der Waals surface area contributed by atoms with Gasteiger partial charge in [0.05, 0.1) is 18.2 Å². The van der Waals surface area contributed by atoms with E-state index in [0.717, 1.165) is 4.90 Å². The van der Waals surface area contributed by atoms with Crippen LogP contribution in [0.5, 0.6) is 0 Å². The van der Waals surface area contributed by atoms with Crippen LogP contribution < -0.4 is 10.6 Å². The summed E-state index contributed by atoms with van der Waals surface area (Å²) in [5.74, 6) is -3.06. The maximum absolute atomic E-state index is 13.1. The molecule has 1 aliphatic rings. The minimum atomic E-state index is -1.04. The molecule has 9 heteroatoms. The molecule has 2 N–H and O–H groups in total. The first kappa shape index (κ1) is 22.7. The molecule has 3 rings (SSSR count). The number of benzene rings is 2. The van der Waals surface area contributed by atoms with E-state index in [9.17, 15) is 24.0 Å². The normalized spacial score (nSPS) is 13.6. The Morgan fingerprint density at radius 3 is 2.16 bits per heavy atom. The average Bonchev–Trinajstić information content (AvgIpc) is 3.02. The van der Waals surface area contributed by atoms with Gasteiger partial charge in [0.25, 0.3) is 17.7 Å². The number of carbonyl (C=O) groups excluding carboxylic acids is 5. The maximum atomic E-state index is 13.1. The number of carbonyl (C=O) groups is 5. The molecule has 0 saturated carbocycles. The smallest absolute Gasteiger partial charge is 0.325 e. The van der Waals surface area contributed by atoms with Gasteiger partial charge in [-0.2, -0.15) is 0 Å². The molecule has 0 saturated heterocycles. The summed E-state index contributed by atoms with van der Waals surface area (Å²) < 4.78 is 4.48. The second-order valence-electron chi connectivity index (χ2n) is 7.54. The lowest BCUT2D eigenvalue weighted by atomic mass is 10.0. The third-order valence-corrected chi connectivity index (χ3v) is 5.02. The monoisotopic (exact) mass is 437 g/mol. The van der Waals surface area contributed by atoms with Gasteiger partial charge in [0.15, 0.2) is 0 Å². The molecule has 4 amide bonds. The molecular formula is C23H23N3O6. The van der Waals surface area contributed by atoms with E-state index in [2.05, 4.69) is 15.4 Å². The molecule has 0 aliphatic carbocycles. The first-order valence-corrected chi connectivity index (χ1v) is 9.97. The quantitative estimate of drug-likeness (QED) is 0.504. The lowest BCUT2D eigenvalue weighted by Crippen LogP contribution is -2.50.